The van der Waals surface area contributed by atoms with E-state index in [2.05, 4.69) is 0 Å². The molecule has 0 heterocycles. The largest absolute Gasteiger partial charge is 0.507 e. The molecule has 0 spiro atoms. The number of carbonyl (C=O) groups is 2. The van der Waals surface area contributed by atoms with Gasteiger partial charge in [0.15, 0.2) is 0 Å². The van der Waals surface area contributed by atoms with Crippen molar-refractivity contribution in [3.8, 4) is 11.5 Å². The van der Waals surface area contributed by atoms with Gasteiger partial charge >= 0.3 is 11.9 Å². The number of benzene rings is 2. The highest BCUT2D eigenvalue weighted by atomic mass is 16.6. The van der Waals surface area contributed by atoms with Crippen molar-refractivity contribution in [1.29, 1.82) is 0 Å². The zero-order valence-corrected chi connectivity index (χ0v) is 28.5. The lowest BCUT2D eigenvalue weighted by atomic mass is 9.83. The second-order valence-electron chi connectivity index (χ2n) is 13.9. The van der Waals surface area contributed by atoms with E-state index in [4.69, 9.17) is 18.9 Å². The lowest BCUT2D eigenvalue weighted by Gasteiger charge is -2.23. The Kier molecular flexibility index (Phi) is 13.7. The molecule has 0 bridgehead atoms. The monoisotopic (exact) mass is 614 g/mol. The van der Waals surface area contributed by atoms with Crippen LogP contribution in [0.1, 0.15) is 88.8 Å². The number of hydrogen-bond donors (Lipinski definition) is 2. The third-order valence-corrected chi connectivity index (χ3v) is 7.54. The number of rotatable bonds is 15. The number of aryl methyl sites for hydroxylation is 2. The van der Waals surface area contributed by atoms with Crippen molar-refractivity contribution >= 4 is 11.9 Å². The third-order valence-electron chi connectivity index (χ3n) is 7.54. The minimum absolute atomic E-state index is 0.151. The second-order valence-corrected chi connectivity index (χ2v) is 13.9. The Morgan fingerprint density at radius 2 is 0.932 bits per heavy atom. The standard InChI is InChI=1S/C36H54O8/c1-23-17-27(21-29(31(23)37)35(5,6)7)19-25(3)33(39)43-15-13-41-11-12-42-14-16-44-34(40)26(4)20-28-18-24(2)32(38)30(22-28)36(8,9)10/h17-18,21-22,25-26,37-38H,11-16,19-20H2,1-10H3. The molecule has 2 rings (SSSR count). The number of ether oxygens (including phenoxy) is 4. The van der Waals surface area contributed by atoms with Gasteiger partial charge in [-0.15, -0.1) is 0 Å². The van der Waals surface area contributed by atoms with Crippen LogP contribution in [0, 0.1) is 25.7 Å². The van der Waals surface area contributed by atoms with E-state index >= 15 is 0 Å². The number of phenols is 2. The van der Waals surface area contributed by atoms with E-state index in [-0.39, 0.29) is 61.0 Å². The van der Waals surface area contributed by atoms with Gasteiger partial charge in [0.05, 0.1) is 38.3 Å². The molecule has 0 aliphatic heterocycles. The topological polar surface area (TPSA) is 112 Å². The molecule has 2 atom stereocenters. The number of esters is 2. The molecule has 0 radical (unpaired) electrons. The molecule has 8 nitrogen and oxygen atoms in total. The molecule has 2 unspecified atom stereocenters. The summed E-state index contributed by atoms with van der Waals surface area (Å²) in [5.41, 5.74) is 4.90. The molecule has 2 N–H and O–H groups in total. The van der Waals surface area contributed by atoms with Gasteiger partial charge in [0.1, 0.15) is 24.7 Å². The first-order chi connectivity index (χ1) is 20.4. The van der Waals surface area contributed by atoms with Crippen molar-refractivity contribution in [3.63, 3.8) is 0 Å². The van der Waals surface area contributed by atoms with Crippen LogP contribution in [-0.2, 0) is 52.2 Å². The average molecular weight is 615 g/mol. The van der Waals surface area contributed by atoms with E-state index in [0.29, 0.717) is 37.6 Å². The van der Waals surface area contributed by atoms with Crippen LogP contribution in [0.3, 0.4) is 0 Å². The quantitative estimate of drug-likeness (QED) is 0.173. The molecule has 0 saturated carbocycles. The highest BCUT2D eigenvalue weighted by Crippen LogP contribution is 2.36. The smallest absolute Gasteiger partial charge is 0.309 e. The first-order valence-electron chi connectivity index (χ1n) is 15.6. The van der Waals surface area contributed by atoms with Crippen molar-refractivity contribution in [3.05, 3.63) is 57.6 Å². The fourth-order valence-corrected chi connectivity index (χ4v) is 4.97. The summed E-state index contributed by atoms with van der Waals surface area (Å²) in [6.07, 6.45) is 1.05. The second kappa shape index (κ2) is 16.3. The minimum atomic E-state index is -0.327. The van der Waals surface area contributed by atoms with E-state index in [0.717, 1.165) is 33.4 Å². The Morgan fingerprint density at radius 1 is 0.614 bits per heavy atom. The van der Waals surface area contributed by atoms with Crippen LogP contribution in [-0.4, -0.2) is 61.8 Å². The molecule has 2 aromatic rings. The maximum atomic E-state index is 12.5. The van der Waals surface area contributed by atoms with Crippen LogP contribution in [0.4, 0.5) is 0 Å². The van der Waals surface area contributed by atoms with Crippen LogP contribution in [0.15, 0.2) is 24.3 Å². The van der Waals surface area contributed by atoms with Gasteiger partial charge in [-0.3, -0.25) is 9.59 Å². The lowest BCUT2D eigenvalue weighted by molar-refractivity contribution is -0.151. The van der Waals surface area contributed by atoms with Crippen LogP contribution in [0.25, 0.3) is 0 Å². The van der Waals surface area contributed by atoms with Gasteiger partial charge in [-0.05, 0) is 70.9 Å². The van der Waals surface area contributed by atoms with E-state index in [1.54, 1.807) is 0 Å². The fourth-order valence-electron chi connectivity index (χ4n) is 4.97. The molecule has 0 amide bonds. The summed E-state index contributed by atoms with van der Waals surface area (Å²) in [6.45, 7) is 21.2. The molecule has 2 aromatic carbocycles. The van der Waals surface area contributed by atoms with E-state index in [1.807, 2.05) is 93.5 Å². The average Bonchev–Trinajstić information content (AvgIpc) is 2.91. The maximum Gasteiger partial charge on any atom is 0.309 e. The molecule has 0 aliphatic carbocycles. The van der Waals surface area contributed by atoms with Gasteiger partial charge < -0.3 is 29.2 Å². The summed E-state index contributed by atoms with van der Waals surface area (Å²) in [7, 11) is 0. The number of phenolic OH excluding ortho intramolecular Hbond substituents is 2. The van der Waals surface area contributed by atoms with Gasteiger partial charge in [-0.2, -0.15) is 0 Å². The third kappa shape index (κ3) is 11.4. The maximum absolute atomic E-state index is 12.5. The number of aromatic hydroxyl groups is 2. The first kappa shape index (κ1) is 37.1. The Bertz CT molecular complexity index is 1150. The van der Waals surface area contributed by atoms with E-state index < -0.39 is 0 Å². The highest BCUT2D eigenvalue weighted by Gasteiger charge is 2.24. The summed E-state index contributed by atoms with van der Waals surface area (Å²) in [4.78, 5) is 24.9. The molecular weight excluding hydrogens is 560 g/mol. The summed E-state index contributed by atoms with van der Waals surface area (Å²) >= 11 is 0. The Balaban J connectivity index is 1.60. The summed E-state index contributed by atoms with van der Waals surface area (Å²) < 4.78 is 21.7. The van der Waals surface area contributed by atoms with E-state index in [9.17, 15) is 19.8 Å². The van der Waals surface area contributed by atoms with Crippen LogP contribution >= 0.6 is 0 Å². The van der Waals surface area contributed by atoms with Crippen LogP contribution in [0.5, 0.6) is 11.5 Å². The fraction of sp³-hybridized carbons (Fsp3) is 0.611. The Labute approximate surface area is 264 Å². The predicted molar refractivity (Wildman–Crippen MR) is 172 cm³/mol. The van der Waals surface area contributed by atoms with Gasteiger partial charge in [-0.25, -0.2) is 0 Å². The minimum Gasteiger partial charge on any atom is -0.507 e. The number of carbonyl (C=O) groups excluding carboxylic acids is 2. The predicted octanol–water partition coefficient (Wildman–Crippen LogP) is 6.49. The summed E-state index contributed by atoms with van der Waals surface area (Å²) in [5.74, 6) is -0.628. The normalized spacial score (nSPS) is 13.4. The SMILES string of the molecule is Cc1cc(CC(C)C(=O)OCCOCCOCCOC(=O)C(C)Cc2cc(C)c(O)c(C(C)(C)C)c2)cc(C(C)(C)C)c1O. The molecule has 0 saturated heterocycles. The Hall–Kier alpha value is -3.10. The first-order valence-corrected chi connectivity index (χ1v) is 15.6. The van der Waals surface area contributed by atoms with Gasteiger partial charge in [-0.1, -0.05) is 79.7 Å². The molecule has 44 heavy (non-hydrogen) atoms. The van der Waals surface area contributed by atoms with Gasteiger partial charge in [0, 0.05) is 0 Å². The molecule has 0 aliphatic rings. The number of hydrogen-bond acceptors (Lipinski definition) is 8. The zero-order chi connectivity index (χ0) is 33.2. The highest BCUT2D eigenvalue weighted by molar-refractivity contribution is 5.73. The van der Waals surface area contributed by atoms with Crippen molar-refractivity contribution < 1.29 is 38.7 Å². The van der Waals surface area contributed by atoms with Crippen molar-refractivity contribution in [2.24, 2.45) is 11.8 Å². The van der Waals surface area contributed by atoms with Crippen molar-refractivity contribution in [2.75, 3.05) is 39.6 Å². The molecule has 8 heteroatoms. The molecule has 246 valence electrons. The van der Waals surface area contributed by atoms with Gasteiger partial charge in [0.2, 0.25) is 0 Å². The van der Waals surface area contributed by atoms with Crippen molar-refractivity contribution in [1.82, 2.24) is 0 Å². The van der Waals surface area contributed by atoms with E-state index in [1.165, 1.54) is 0 Å². The van der Waals surface area contributed by atoms with Crippen molar-refractivity contribution in [2.45, 2.75) is 92.9 Å². The molecule has 0 aromatic heterocycles. The van der Waals surface area contributed by atoms with Crippen LogP contribution < -0.4 is 0 Å². The zero-order valence-electron chi connectivity index (χ0n) is 28.5. The van der Waals surface area contributed by atoms with Gasteiger partial charge in [0.25, 0.3) is 0 Å². The molecule has 0 fully saturated rings. The summed E-state index contributed by atoms with van der Waals surface area (Å²) in [5, 5.41) is 20.9. The molecular formula is C36H54O8. The Morgan fingerprint density at radius 3 is 1.25 bits per heavy atom. The van der Waals surface area contributed by atoms with Crippen LogP contribution in [0.2, 0.25) is 0 Å². The summed E-state index contributed by atoms with van der Waals surface area (Å²) in [6, 6.07) is 7.77. The lowest BCUT2D eigenvalue weighted by Crippen LogP contribution is -2.21.